The van der Waals surface area contributed by atoms with Gasteiger partial charge in [0.25, 0.3) is 0 Å². The van der Waals surface area contributed by atoms with Crippen LogP contribution in [0.1, 0.15) is 34.3 Å². The van der Waals surface area contributed by atoms with E-state index in [1.165, 1.54) is 11.1 Å². The normalized spacial score (nSPS) is 11.9. The van der Waals surface area contributed by atoms with E-state index in [2.05, 4.69) is 13.8 Å². The predicted molar refractivity (Wildman–Crippen MR) is 76.9 cm³/mol. The molecule has 0 amide bonds. The van der Waals surface area contributed by atoms with Crippen LogP contribution in [0.2, 0.25) is 0 Å². The Labute approximate surface area is 114 Å². The molecular formula is C17H18O2. The van der Waals surface area contributed by atoms with Crippen LogP contribution in [0.25, 0.3) is 0 Å². The van der Waals surface area contributed by atoms with Crippen molar-refractivity contribution in [3.8, 4) is 5.75 Å². The summed E-state index contributed by atoms with van der Waals surface area (Å²) >= 11 is 0. The second-order valence-corrected chi connectivity index (χ2v) is 4.81. The molecule has 0 spiro atoms. The number of benzene rings is 2. The summed E-state index contributed by atoms with van der Waals surface area (Å²) in [5.41, 5.74) is 3.11. The Balaban J connectivity index is 1.94. The van der Waals surface area contributed by atoms with Crippen LogP contribution in [-0.4, -0.2) is 12.9 Å². The number of rotatable bonds is 5. The van der Waals surface area contributed by atoms with Crippen LogP contribution >= 0.6 is 0 Å². The number of hydrogen-bond donors (Lipinski definition) is 0. The van der Waals surface area contributed by atoms with Crippen molar-refractivity contribution in [2.24, 2.45) is 0 Å². The van der Waals surface area contributed by atoms with E-state index < -0.39 is 0 Å². The quantitative estimate of drug-likeness (QED) is 0.754. The molecule has 1 unspecified atom stereocenters. The van der Waals surface area contributed by atoms with Crippen molar-refractivity contribution in [2.45, 2.75) is 19.8 Å². The highest BCUT2D eigenvalue weighted by Gasteiger charge is 2.06. The topological polar surface area (TPSA) is 26.3 Å². The van der Waals surface area contributed by atoms with E-state index in [9.17, 15) is 4.79 Å². The summed E-state index contributed by atoms with van der Waals surface area (Å²) in [6.07, 6.45) is 0.858. The molecule has 2 nitrogen and oxygen atoms in total. The highest BCUT2D eigenvalue weighted by molar-refractivity contribution is 5.74. The highest BCUT2D eigenvalue weighted by atomic mass is 16.5. The second-order valence-electron chi connectivity index (χ2n) is 4.81. The van der Waals surface area contributed by atoms with Crippen molar-refractivity contribution in [3.63, 3.8) is 0 Å². The SMILES string of the molecule is Cc1ccc(OCC(C)c2ccc(C=O)cc2)cc1. The number of carbonyl (C=O) groups excluding carboxylic acids is 1. The van der Waals surface area contributed by atoms with Gasteiger partial charge in [0.2, 0.25) is 0 Å². The van der Waals surface area contributed by atoms with Gasteiger partial charge in [0.05, 0.1) is 6.61 Å². The first-order valence-electron chi connectivity index (χ1n) is 6.43. The summed E-state index contributed by atoms with van der Waals surface area (Å²) in [5, 5.41) is 0. The Morgan fingerprint density at radius 3 is 2.26 bits per heavy atom. The zero-order valence-corrected chi connectivity index (χ0v) is 11.3. The molecule has 2 heteroatoms. The van der Waals surface area contributed by atoms with E-state index in [0.717, 1.165) is 12.0 Å². The molecule has 1 atom stereocenters. The lowest BCUT2D eigenvalue weighted by atomic mass is 10.0. The van der Waals surface area contributed by atoms with Crippen LogP contribution in [0.5, 0.6) is 5.75 Å². The molecule has 0 bridgehead atoms. The van der Waals surface area contributed by atoms with E-state index in [4.69, 9.17) is 4.74 Å². The zero-order chi connectivity index (χ0) is 13.7. The van der Waals surface area contributed by atoms with Crippen LogP contribution in [0.3, 0.4) is 0 Å². The maximum Gasteiger partial charge on any atom is 0.150 e. The largest absolute Gasteiger partial charge is 0.493 e. The van der Waals surface area contributed by atoms with E-state index in [1.54, 1.807) is 0 Å². The van der Waals surface area contributed by atoms with E-state index in [1.807, 2.05) is 48.5 Å². The molecule has 0 aliphatic heterocycles. The number of aldehydes is 1. The van der Waals surface area contributed by atoms with E-state index in [-0.39, 0.29) is 0 Å². The Hall–Kier alpha value is -2.09. The van der Waals surface area contributed by atoms with Crippen LogP contribution < -0.4 is 4.74 Å². The standard InChI is InChI=1S/C17H18O2/c1-13-3-9-17(10-4-13)19-12-14(2)16-7-5-15(11-18)6-8-16/h3-11,14H,12H2,1-2H3. The Morgan fingerprint density at radius 1 is 1.05 bits per heavy atom. The molecule has 0 aliphatic carbocycles. The Kier molecular flexibility index (Phi) is 4.35. The van der Waals surface area contributed by atoms with Crippen LogP contribution in [-0.2, 0) is 0 Å². The van der Waals surface area contributed by atoms with Gasteiger partial charge in [-0.05, 0) is 24.6 Å². The van der Waals surface area contributed by atoms with Crippen LogP contribution in [0.4, 0.5) is 0 Å². The Morgan fingerprint density at radius 2 is 1.68 bits per heavy atom. The minimum absolute atomic E-state index is 0.294. The highest BCUT2D eigenvalue weighted by Crippen LogP contribution is 2.18. The molecule has 0 fully saturated rings. The lowest BCUT2D eigenvalue weighted by Crippen LogP contribution is -2.07. The van der Waals surface area contributed by atoms with Gasteiger partial charge >= 0.3 is 0 Å². The number of aryl methyl sites for hydroxylation is 1. The number of carbonyl (C=O) groups is 1. The monoisotopic (exact) mass is 254 g/mol. The molecule has 0 saturated carbocycles. The van der Waals surface area contributed by atoms with Crippen molar-refractivity contribution >= 4 is 6.29 Å². The van der Waals surface area contributed by atoms with Crippen LogP contribution in [0.15, 0.2) is 48.5 Å². The lowest BCUT2D eigenvalue weighted by molar-refractivity contribution is 0.112. The fraction of sp³-hybridized carbons (Fsp3) is 0.235. The molecule has 19 heavy (non-hydrogen) atoms. The van der Waals surface area contributed by atoms with Crippen molar-refractivity contribution in [2.75, 3.05) is 6.61 Å². The molecule has 0 heterocycles. The second kappa shape index (κ2) is 6.19. The lowest BCUT2D eigenvalue weighted by Gasteiger charge is -2.13. The summed E-state index contributed by atoms with van der Waals surface area (Å²) in [4.78, 5) is 10.6. The summed E-state index contributed by atoms with van der Waals surface area (Å²) in [5.74, 6) is 1.18. The van der Waals surface area contributed by atoms with Gasteiger partial charge in [-0.2, -0.15) is 0 Å². The number of hydrogen-bond acceptors (Lipinski definition) is 2. The van der Waals surface area contributed by atoms with E-state index >= 15 is 0 Å². The van der Waals surface area contributed by atoms with Gasteiger partial charge in [-0.25, -0.2) is 0 Å². The molecule has 2 rings (SSSR count). The zero-order valence-electron chi connectivity index (χ0n) is 11.3. The van der Waals surface area contributed by atoms with Crippen molar-refractivity contribution in [3.05, 3.63) is 65.2 Å². The molecule has 2 aromatic carbocycles. The Bertz CT molecular complexity index is 526. The molecule has 2 aromatic rings. The first kappa shape index (κ1) is 13.3. The minimum atomic E-state index is 0.294. The molecule has 0 saturated heterocycles. The van der Waals surface area contributed by atoms with E-state index in [0.29, 0.717) is 18.1 Å². The van der Waals surface area contributed by atoms with Gasteiger partial charge in [0.1, 0.15) is 12.0 Å². The first-order valence-corrected chi connectivity index (χ1v) is 6.43. The van der Waals surface area contributed by atoms with Gasteiger partial charge in [0.15, 0.2) is 0 Å². The molecule has 0 aromatic heterocycles. The maximum absolute atomic E-state index is 10.6. The van der Waals surface area contributed by atoms with Gasteiger partial charge in [-0.1, -0.05) is 48.9 Å². The van der Waals surface area contributed by atoms with Gasteiger partial charge < -0.3 is 4.74 Å². The summed E-state index contributed by atoms with van der Waals surface area (Å²) in [6, 6.07) is 15.7. The fourth-order valence-electron chi connectivity index (χ4n) is 1.86. The summed E-state index contributed by atoms with van der Waals surface area (Å²) in [7, 11) is 0. The molecule has 98 valence electrons. The average Bonchev–Trinajstić information content (AvgIpc) is 2.46. The van der Waals surface area contributed by atoms with Gasteiger partial charge in [0, 0.05) is 11.5 Å². The minimum Gasteiger partial charge on any atom is -0.493 e. The third-order valence-corrected chi connectivity index (χ3v) is 3.16. The fourth-order valence-corrected chi connectivity index (χ4v) is 1.86. The maximum atomic E-state index is 10.6. The van der Waals surface area contributed by atoms with Crippen LogP contribution in [0, 0.1) is 6.92 Å². The third-order valence-electron chi connectivity index (χ3n) is 3.16. The smallest absolute Gasteiger partial charge is 0.150 e. The van der Waals surface area contributed by atoms with Gasteiger partial charge in [-0.3, -0.25) is 4.79 Å². The summed E-state index contributed by atoms with van der Waals surface area (Å²) in [6.45, 7) is 4.80. The summed E-state index contributed by atoms with van der Waals surface area (Å²) < 4.78 is 5.76. The van der Waals surface area contributed by atoms with Crippen molar-refractivity contribution < 1.29 is 9.53 Å². The first-order chi connectivity index (χ1) is 9.19. The molecule has 0 radical (unpaired) electrons. The number of ether oxygens (including phenoxy) is 1. The van der Waals surface area contributed by atoms with Crippen molar-refractivity contribution in [1.29, 1.82) is 0 Å². The van der Waals surface area contributed by atoms with Crippen molar-refractivity contribution in [1.82, 2.24) is 0 Å². The molecular weight excluding hydrogens is 236 g/mol. The predicted octanol–water partition coefficient (Wildman–Crippen LogP) is 3.99. The average molecular weight is 254 g/mol. The molecule has 0 aliphatic rings. The molecule has 0 N–H and O–H groups in total. The van der Waals surface area contributed by atoms with Gasteiger partial charge in [-0.15, -0.1) is 0 Å². The third kappa shape index (κ3) is 3.68.